The van der Waals surface area contributed by atoms with E-state index in [1.807, 2.05) is 72.8 Å². The zero-order valence-corrected chi connectivity index (χ0v) is 14.6. The highest BCUT2D eigenvalue weighted by Gasteiger charge is 2.11. The van der Waals surface area contributed by atoms with Gasteiger partial charge in [-0.1, -0.05) is 18.2 Å². The van der Waals surface area contributed by atoms with Crippen LogP contribution in [0.2, 0.25) is 0 Å². The molecule has 0 fully saturated rings. The molecule has 1 heterocycles. The van der Waals surface area contributed by atoms with Crippen LogP contribution in [0.15, 0.2) is 72.8 Å². The van der Waals surface area contributed by atoms with Crippen LogP contribution >= 0.6 is 0 Å². The van der Waals surface area contributed by atoms with Crippen LogP contribution in [0.5, 0.6) is 11.5 Å². The molecule has 4 aromatic rings. The van der Waals surface area contributed by atoms with E-state index in [1.54, 1.807) is 14.2 Å². The average Bonchev–Trinajstić information content (AvgIpc) is 2.73. The molecule has 4 nitrogen and oxygen atoms in total. The molecule has 4 heteroatoms. The molecule has 0 aliphatic rings. The smallest absolute Gasteiger partial charge is 0.160 e. The van der Waals surface area contributed by atoms with Crippen molar-refractivity contribution in [1.29, 1.82) is 0 Å². The van der Waals surface area contributed by atoms with Crippen molar-refractivity contribution in [2.75, 3.05) is 14.2 Å². The average molecular weight is 342 g/mol. The first-order valence-corrected chi connectivity index (χ1v) is 8.34. The van der Waals surface area contributed by atoms with Crippen molar-refractivity contribution in [2.45, 2.75) is 0 Å². The van der Waals surface area contributed by atoms with Crippen LogP contribution in [0, 0.1) is 0 Å². The Morgan fingerprint density at radius 1 is 0.615 bits per heavy atom. The van der Waals surface area contributed by atoms with Gasteiger partial charge in [0.05, 0.1) is 25.4 Å². The molecule has 128 valence electrons. The van der Waals surface area contributed by atoms with Crippen LogP contribution in [0.3, 0.4) is 0 Å². The summed E-state index contributed by atoms with van der Waals surface area (Å²) in [4.78, 5) is 9.60. The molecular weight excluding hydrogens is 324 g/mol. The summed E-state index contributed by atoms with van der Waals surface area (Å²) in [5.41, 5.74) is 3.80. The minimum atomic E-state index is 0.692. The summed E-state index contributed by atoms with van der Waals surface area (Å²) in [5.74, 6) is 2.32. The van der Waals surface area contributed by atoms with Crippen LogP contribution in [0.1, 0.15) is 0 Å². The number of rotatable bonds is 4. The van der Waals surface area contributed by atoms with E-state index < -0.39 is 0 Å². The predicted octanol–water partition coefficient (Wildman–Crippen LogP) is 4.98. The summed E-state index contributed by atoms with van der Waals surface area (Å²) >= 11 is 0. The van der Waals surface area contributed by atoms with Crippen molar-refractivity contribution in [1.82, 2.24) is 9.97 Å². The third-order valence-corrected chi connectivity index (χ3v) is 4.31. The number of benzene rings is 3. The second kappa shape index (κ2) is 6.84. The van der Waals surface area contributed by atoms with Crippen LogP contribution in [0.25, 0.3) is 33.5 Å². The van der Waals surface area contributed by atoms with Gasteiger partial charge in [0.1, 0.15) is 11.5 Å². The van der Waals surface area contributed by atoms with Crippen molar-refractivity contribution >= 4 is 10.9 Å². The number of nitrogens with zero attached hydrogens (tertiary/aromatic N) is 2. The SMILES string of the molecule is COc1ccc(-c2nc(-c3ccc(OC)cc3)c3ccccc3n2)cc1. The molecule has 0 atom stereocenters. The lowest BCUT2D eigenvalue weighted by molar-refractivity contribution is 0.415. The predicted molar refractivity (Wildman–Crippen MR) is 104 cm³/mol. The maximum absolute atomic E-state index is 5.26. The normalized spacial score (nSPS) is 10.7. The molecular formula is C22H18N2O2. The quantitative estimate of drug-likeness (QED) is 0.524. The lowest BCUT2D eigenvalue weighted by Gasteiger charge is -2.10. The Balaban J connectivity index is 1.89. The maximum atomic E-state index is 5.26. The topological polar surface area (TPSA) is 44.2 Å². The summed E-state index contributed by atoms with van der Waals surface area (Å²) < 4.78 is 10.5. The molecule has 26 heavy (non-hydrogen) atoms. The Morgan fingerprint density at radius 3 is 1.81 bits per heavy atom. The first-order valence-electron chi connectivity index (χ1n) is 8.34. The number of methoxy groups -OCH3 is 2. The molecule has 0 aliphatic carbocycles. The van der Waals surface area contributed by atoms with Gasteiger partial charge in [-0.25, -0.2) is 9.97 Å². The van der Waals surface area contributed by atoms with Gasteiger partial charge in [-0.3, -0.25) is 0 Å². The molecule has 0 saturated heterocycles. The Labute approximate surface area is 152 Å². The number of hydrogen-bond donors (Lipinski definition) is 0. The third kappa shape index (κ3) is 2.97. The zero-order valence-electron chi connectivity index (χ0n) is 14.6. The number of para-hydroxylation sites is 1. The number of hydrogen-bond acceptors (Lipinski definition) is 4. The fourth-order valence-electron chi connectivity index (χ4n) is 2.91. The molecule has 0 amide bonds. The Bertz CT molecular complexity index is 1040. The highest BCUT2D eigenvalue weighted by Crippen LogP contribution is 2.30. The van der Waals surface area contributed by atoms with Gasteiger partial charge in [0.25, 0.3) is 0 Å². The second-order valence-electron chi connectivity index (χ2n) is 5.87. The first-order chi connectivity index (χ1) is 12.8. The summed E-state index contributed by atoms with van der Waals surface area (Å²) in [6.07, 6.45) is 0. The van der Waals surface area contributed by atoms with E-state index in [2.05, 4.69) is 0 Å². The molecule has 0 N–H and O–H groups in total. The van der Waals surface area contributed by atoms with Crippen molar-refractivity contribution in [3.05, 3.63) is 72.8 Å². The fourth-order valence-corrected chi connectivity index (χ4v) is 2.91. The summed E-state index contributed by atoms with van der Waals surface area (Å²) in [5, 5.41) is 1.02. The van der Waals surface area contributed by atoms with Crippen molar-refractivity contribution in [3.8, 4) is 34.1 Å². The lowest BCUT2D eigenvalue weighted by Crippen LogP contribution is -1.95. The van der Waals surface area contributed by atoms with Crippen LogP contribution in [-0.2, 0) is 0 Å². The van der Waals surface area contributed by atoms with Gasteiger partial charge in [-0.15, -0.1) is 0 Å². The van der Waals surface area contributed by atoms with E-state index >= 15 is 0 Å². The standard InChI is InChI=1S/C22H18N2O2/c1-25-17-11-7-15(8-12-17)21-19-5-3-4-6-20(19)23-22(24-21)16-9-13-18(26-2)14-10-16/h3-14H,1-2H3. The van der Waals surface area contributed by atoms with Crippen LogP contribution in [-0.4, -0.2) is 24.2 Å². The van der Waals surface area contributed by atoms with E-state index in [0.717, 1.165) is 39.2 Å². The summed E-state index contributed by atoms with van der Waals surface area (Å²) in [7, 11) is 3.32. The van der Waals surface area contributed by atoms with E-state index in [-0.39, 0.29) is 0 Å². The molecule has 0 bridgehead atoms. The number of aromatic nitrogens is 2. The monoisotopic (exact) mass is 342 g/mol. The van der Waals surface area contributed by atoms with E-state index in [1.165, 1.54) is 0 Å². The van der Waals surface area contributed by atoms with E-state index in [4.69, 9.17) is 19.4 Å². The van der Waals surface area contributed by atoms with Gasteiger partial charge in [0.2, 0.25) is 0 Å². The largest absolute Gasteiger partial charge is 0.497 e. The lowest BCUT2D eigenvalue weighted by atomic mass is 10.1. The fraction of sp³-hybridized carbons (Fsp3) is 0.0909. The highest BCUT2D eigenvalue weighted by molar-refractivity contribution is 5.93. The Hall–Kier alpha value is -3.40. The summed E-state index contributed by atoms with van der Waals surface area (Å²) in [6.45, 7) is 0. The number of fused-ring (bicyclic) bond motifs is 1. The van der Waals surface area contributed by atoms with Gasteiger partial charge >= 0.3 is 0 Å². The van der Waals surface area contributed by atoms with Gasteiger partial charge in [-0.2, -0.15) is 0 Å². The van der Waals surface area contributed by atoms with Gasteiger partial charge < -0.3 is 9.47 Å². The molecule has 0 unspecified atom stereocenters. The first kappa shape index (κ1) is 16.1. The van der Waals surface area contributed by atoms with Crippen molar-refractivity contribution in [2.24, 2.45) is 0 Å². The van der Waals surface area contributed by atoms with E-state index in [0.29, 0.717) is 5.82 Å². The molecule has 1 aromatic heterocycles. The minimum absolute atomic E-state index is 0.692. The van der Waals surface area contributed by atoms with Gasteiger partial charge in [0.15, 0.2) is 5.82 Å². The van der Waals surface area contributed by atoms with Crippen LogP contribution in [0.4, 0.5) is 0 Å². The minimum Gasteiger partial charge on any atom is -0.497 e. The van der Waals surface area contributed by atoms with Gasteiger partial charge in [0, 0.05) is 16.5 Å². The molecule has 0 saturated carbocycles. The zero-order chi connectivity index (χ0) is 17.9. The van der Waals surface area contributed by atoms with Crippen LogP contribution < -0.4 is 9.47 Å². The third-order valence-electron chi connectivity index (χ3n) is 4.31. The Kier molecular flexibility index (Phi) is 4.23. The Morgan fingerprint density at radius 2 is 1.19 bits per heavy atom. The molecule has 3 aromatic carbocycles. The van der Waals surface area contributed by atoms with Crippen molar-refractivity contribution < 1.29 is 9.47 Å². The number of ether oxygens (including phenoxy) is 2. The summed E-state index contributed by atoms with van der Waals surface area (Å²) in [6, 6.07) is 23.8. The maximum Gasteiger partial charge on any atom is 0.160 e. The second-order valence-corrected chi connectivity index (χ2v) is 5.87. The van der Waals surface area contributed by atoms with Gasteiger partial charge in [-0.05, 0) is 54.6 Å². The van der Waals surface area contributed by atoms with E-state index in [9.17, 15) is 0 Å². The van der Waals surface area contributed by atoms with Crippen molar-refractivity contribution in [3.63, 3.8) is 0 Å². The molecule has 0 aliphatic heterocycles. The molecule has 0 radical (unpaired) electrons. The highest BCUT2D eigenvalue weighted by atomic mass is 16.5. The molecule has 0 spiro atoms. The molecule has 4 rings (SSSR count).